The molecule has 8 nitrogen and oxygen atoms in total. The minimum Gasteiger partial charge on any atom is -0.497 e. The first kappa shape index (κ1) is 26.8. The van der Waals surface area contributed by atoms with E-state index in [1.807, 2.05) is 54.6 Å². The quantitative estimate of drug-likeness (QED) is 0.210. The van der Waals surface area contributed by atoms with E-state index in [4.69, 9.17) is 4.74 Å². The summed E-state index contributed by atoms with van der Waals surface area (Å²) in [7, 11) is 1.61. The Bertz CT molecular complexity index is 1170. The molecule has 0 aromatic heterocycles. The van der Waals surface area contributed by atoms with Gasteiger partial charge in [0.2, 0.25) is 0 Å². The summed E-state index contributed by atoms with van der Waals surface area (Å²) in [6.45, 7) is 2.46. The molecular weight excluding hydrogens is 490 g/mol. The molecule has 2 unspecified atom stereocenters. The Labute approximate surface area is 220 Å². The number of ether oxygens (including phenoxy) is 1. The van der Waals surface area contributed by atoms with Crippen molar-refractivity contribution in [3.05, 3.63) is 84.4 Å². The third-order valence-corrected chi connectivity index (χ3v) is 7.76. The standard InChI is InChI=1S/C28H33N3O5S/c1-36-26-13-9-23(10-14-26)22-7-11-25(12-8-22)31(37(34)35)27(28(32)29-33)24-16-19-30(20-17-24)18-15-21-5-3-2-4-6-21/h2-14,24,27,33H,15-20H2,1H3,(H,29,32)(H,34,35). The van der Waals surface area contributed by atoms with Crippen molar-refractivity contribution in [3.8, 4) is 16.9 Å². The second-order valence-corrected chi connectivity index (χ2v) is 10.0. The number of nitrogens with one attached hydrogen (secondary N) is 1. The van der Waals surface area contributed by atoms with Crippen LogP contribution in [0.1, 0.15) is 18.4 Å². The molecule has 9 heteroatoms. The summed E-state index contributed by atoms with van der Waals surface area (Å²) in [6, 6.07) is 24.1. The summed E-state index contributed by atoms with van der Waals surface area (Å²) in [5.41, 5.74) is 5.32. The predicted octanol–water partition coefficient (Wildman–Crippen LogP) is 4.13. The third-order valence-electron chi connectivity index (χ3n) is 6.98. The minimum absolute atomic E-state index is 0.197. The summed E-state index contributed by atoms with van der Waals surface area (Å²) in [6.07, 6.45) is 2.29. The lowest BCUT2D eigenvalue weighted by molar-refractivity contribution is -0.132. The van der Waals surface area contributed by atoms with E-state index in [1.54, 1.807) is 24.7 Å². The molecule has 0 saturated carbocycles. The molecule has 1 aliphatic heterocycles. The van der Waals surface area contributed by atoms with Crippen molar-refractivity contribution in [3.63, 3.8) is 0 Å². The molecule has 1 heterocycles. The maximum Gasteiger partial charge on any atom is 0.267 e. The molecule has 0 aliphatic carbocycles. The number of piperidine rings is 1. The Morgan fingerprint density at radius 1 is 1.03 bits per heavy atom. The van der Waals surface area contributed by atoms with Gasteiger partial charge in [-0.15, -0.1) is 0 Å². The van der Waals surface area contributed by atoms with Crippen LogP contribution in [0.4, 0.5) is 5.69 Å². The molecule has 1 amide bonds. The van der Waals surface area contributed by atoms with Crippen molar-refractivity contribution in [2.24, 2.45) is 5.92 Å². The molecule has 37 heavy (non-hydrogen) atoms. The molecule has 0 bridgehead atoms. The minimum atomic E-state index is -2.47. The third kappa shape index (κ3) is 6.75. The Kier molecular flexibility index (Phi) is 9.29. The molecule has 3 N–H and O–H groups in total. The van der Waals surface area contributed by atoms with Gasteiger partial charge in [0.15, 0.2) is 0 Å². The molecule has 1 fully saturated rings. The molecule has 1 saturated heterocycles. The van der Waals surface area contributed by atoms with Gasteiger partial charge in [0.05, 0.1) is 12.8 Å². The Balaban J connectivity index is 1.47. The van der Waals surface area contributed by atoms with Crippen molar-refractivity contribution in [1.29, 1.82) is 0 Å². The van der Waals surface area contributed by atoms with E-state index >= 15 is 0 Å². The zero-order chi connectivity index (χ0) is 26.2. The van der Waals surface area contributed by atoms with Gasteiger partial charge in [-0.3, -0.25) is 18.9 Å². The van der Waals surface area contributed by atoms with Crippen molar-refractivity contribution in [2.45, 2.75) is 25.3 Å². The van der Waals surface area contributed by atoms with Crippen LogP contribution in [-0.4, -0.2) is 57.6 Å². The number of carbonyl (C=O) groups excluding carboxylic acids is 1. The van der Waals surface area contributed by atoms with Gasteiger partial charge in [0, 0.05) is 6.54 Å². The van der Waals surface area contributed by atoms with E-state index in [-0.39, 0.29) is 5.92 Å². The van der Waals surface area contributed by atoms with Crippen LogP contribution < -0.4 is 14.5 Å². The van der Waals surface area contributed by atoms with E-state index in [9.17, 15) is 18.8 Å². The molecule has 0 radical (unpaired) electrons. The summed E-state index contributed by atoms with van der Waals surface area (Å²) in [5, 5.41) is 9.48. The number of methoxy groups -OCH3 is 1. The lowest BCUT2D eigenvalue weighted by Gasteiger charge is -2.39. The average Bonchev–Trinajstić information content (AvgIpc) is 2.95. The summed E-state index contributed by atoms with van der Waals surface area (Å²) >= 11 is -2.47. The monoisotopic (exact) mass is 523 g/mol. The fraction of sp³-hybridized carbons (Fsp3) is 0.321. The molecular formula is C28H33N3O5S. The van der Waals surface area contributed by atoms with Gasteiger partial charge in [-0.1, -0.05) is 54.6 Å². The number of benzene rings is 3. The fourth-order valence-corrected chi connectivity index (χ4v) is 5.70. The lowest BCUT2D eigenvalue weighted by Crippen LogP contribution is -2.53. The lowest BCUT2D eigenvalue weighted by atomic mass is 9.88. The summed E-state index contributed by atoms with van der Waals surface area (Å²) in [5.74, 6) is -0.131. The van der Waals surface area contributed by atoms with E-state index < -0.39 is 23.2 Å². The zero-order valence-electron chi connectivity index (χ0n) is 20.8. The van der Waals surface area contributed by atoms with Crippen LogP contribution in [-0.2, 0) is 22.5 Å². The van der Waals surface area contributed by atoms with Gasteiger partial charge in [0.1, 0.15) is 11.8 Å². The van der Waals surface area contributed by atoms with Gasteiger partial charge >= 0.3 is 0 Å². The van der Waals surface area contributed by atoms with Crippen molar-refractivity contribution < 1.29 is 23.5 Å². The first-order valence-corrected chi connectivity index (χ1v) is 13.4. The largest absolute Gasteiger partial charge is 0.497 e. The van der Waals surface area contributed by atoms with Crippen LogP contribution in [0, 0.1) is 5.92 Å². The predicted molar refractivity (Wildman–Crippen MR) is 145 cm³/mol. The number of hydrogen-bond acceptors (Lipinski definition) is 5. The maximum atomic E-state index is 12.8. The smallest absolute Gasteiger partial charge is 0.267 e. The molecule has 3 aromatic carbocycles. The highest BCUT2D eigenvalue weighted by molar-refractivity contribution is 7.80. The highest BCUT2D eigenvalue weighted by Crippen LogP contribution is 2.31. The fourth-order valence-electron chi connectivity index (χ4n) is 4.93. The van der Waals surface area contributed by atoms with Gasteiger partial charge in [-0.2, -0.15) is 0 Å². The second-order valence-electron chi connectivity index (χ2n) is 9.17. The summed E-state index contributed by atoms with van der Waals surface area (Å²) in [4.78, 5) is 15.1. The zero-order valence-corrected chi connectivity index (χ0v) is 21.6. The number of rotatable bonds is 10. The Morgan fingerprint density at radius 3 is 2.16 bits per heavy atom. The molecule has 196 valence electrons. The number of hydroxylamine groups is 1. The molecule has 0 spiro atoms. The number of hydrogen-bond donors (Lipinski definition) is 3. The number of amides is 1. The van der Waals surface area contributed by atoms with Gasteiger partial charge in [-0.05, 0) is 79.2 Å². The summed E-state index contributed by atoms with van der Waals surface area (Å²) < 4.78 is 29.1. The number of nitrogens with zero attached hydrogens (tertiary/aromatic N) is 2. The van der Waals surface area contributed by atoms with E-state index in [1.165, 1.54) is 9.87 Å². The SMILES string of the molecule is COc1ccc(-c2ccc(N(C(C(=O)NO)C3CCN(CCc4ccccc4)CC3)S(=O)O)cc2)cc1. The Morgan fingerprint density at radius 2 is 1.62 bits per heavy atom. The normalized spacial score (nSPS) is 16.1. The number of carbonyl (C=O) groups is 1. The van der Waals surface area contributed by atoms with Crippen molar-refractivity contribution >= 4 is 22.9 Å². The highest BCUT2D eigenvalue weighted by atomic mass is 32.2. The topological polar surface area (TPSA) is 102 Å². The van der Waals surface area contributed by atoms with Crippen molar-refractivity contribution in [2.75, 3.05) is 31.0 Å². The first-order valence-electron chi connectivity index (χ1n) is 12.3. The first-order chi connectivity index (χ1) is 18.0. The maximum absolute atomic E-state index is 12.8. The van der Waals surface area contributed by atoms with Gasteiger partial charge in [0.25, 0.3) is 17.2 Å². The van der Waals surface area contributed by atoms with Crippen LogP contribution in [0.2, 0.25) is 0 Å². The molecule has 3 aromatic rings. The van der Waals surface area contributed by atoms with Crippen LogP contribution in [0.3, 0.4) is 0 Å². The van der Waals surface area contributed by atoms with Crippen LogP contribution in [0.5, 0.6) is 5.75 Å². The molecule has 2 atom stereocenters. The Hall–Kier alpha value is -3.24. The van der Waals surface area contributed by atoms with E-state index in [0.717, 1.165) is 42.9 Å². The van der Waals surface area contributed by atoms with Gasteiger partial charge in [-0.25, -0.2) is 9.69 Å². The van der Waals surface area contributed by atoms with E-state index in [2.05, 4.69) is 17.0 Å². The van der Waals surface area contributed by atoms with E-state index in [0.29, 0.717) is 18.5 Å². The average molecular weight is 524 g/mol. The number of likely N-dealkylation sites (tertiary alicyclic amines) is 1. The van der Waals surface area contributed by atoms with Crippen molar-refractivity contribution in [1.82, 2.24) is 10.4 Å². The highest BCUT2D eigenvalue weighted by Gasteiger charge is 2.38. The van der Waals surface area contributed by atoms with Crippen LogP contribution in [0.25, 0.3) is 11.1 Å². The van der Waals surface area contributed by atoms with Gasteiger partial charge < -0.3 is 9.64 Å². The molecule has 4 rings (SSSR count). The second kappa shape index (κ2) is 12.8. The van der Waals surface area contributed by atoms with Crippen LogP contribution in [0.15, 0.2) is 78.9 Å². The van der Waals surface area contributed by atoms with Crippen LogP contribution >= 0.6 is 0 Å². The molecule has 1 aliphatic rings. The number of anilines is 1.